The number of nitrogens with zero attached hydrogens (tertiary/aromatic N) is 3. The number of halogens is 1. The molecule has 5 heteroatoms. The first-order chi connectivity index (χ1) is 8.79. The maximum atomic E-state index is 13.8. The van der Waals surface area contributed by atoms with Gasteiger partial charge in [0.1, 0.15) is 12.1 Å². The van der Waals surface area contributed by atoms with E-state index in [1.807, 2.05) is 0 Å². The fraction of sp³-hybridized carbons (Fsp3) is 0. The number of benzene rings is 1. The van der Waals surface area contributed by atoms with E-state index in [1.165, 1.54) is 12.3 Å². The molecule has 0 spiro atoms. The van der Waals surface area contributed by atoms with Crippen LogP contribution in [0, 0.1) is 5.82 Å². The molecule has 0 unspecified atom stereocenters. The highest BCUT2D eigenvalue weighted by Gasteiger charge is 2.11. The van der Waals surface area contributed by atoms with Crippen molar-refractivity contribution in [1.82, 2.24) is 14.5 Å². The van der Waals surface area contributed by atoms with Crippen LogP contribution in [0.4, 0.5) is 4.39 Å². The molecule has 2 heterocycles. The lowest BCUT2D eigenvalue weighted by atomic mass is 10.2. The number of fused-ring (bicyclic) bond motifs is 1. The quantitative estimate of drug-likeness (QED) is 0.647. The van der Waals surface area contributed by atoms with Gasteiger partial charge in [-0.2, -0.15) is 0 Å². The Balaban J connectivity index is 2.29. The summed E-state index contributed by atoms with van der Waals surface area (Å²) in [6, 6.07) is 6.51. The van der Waals surface area contributed by atoms with Gasteiger partial charge in [0.2, 0.25) is 5.95 Å². The third-order valence-electron chi connectivity index (χ3n) is 2.68. The highest BCUT2D eigenvalue weighted by Crippen LogP contribution is 2.23. The van der Waals surface area contributed by atoms with E-state index in [-0.39, 0.29) is 0 Å². The first-order valence-electron chi connectivity index (χ1n) is 5.33. The molecule has 0 amide bonds. The van der Waals surface area contributed by atoms with Gasteiger partial charge in [0, 0.05) is 29.5 Å². The van der Waals surface area contributed by atoms with Crippen LogP contribution in [-0.2, 0) is 0 Å². The summed E-state index contributed by atoms with van der Waals surface area (Å²) in [7, 11) is 0. The maximum absolute atomic E-state index is 13.8. The summed E-state index contributed by atoms with van der Waals surface area (Å²) < 4.78 is 15.4. The summed E-state index contributed by atoms with van der Waals surface area (Å²) >= 11 is 0. The van der Waals surface area contributed by atoms with E-state index >= 15 is 0 Å². The number of carbonyl (C=O) groups excluding carboxylic acids is 1. The van der Waals surface area contributed by atoms with E-state index < -0.39 is 5.82 Å². The average Bonchev–Trinajstić information content (AvgIpc) is 2.77. The van der Waals surface area contributed by atoms with Gasteiger partial charge in [-0.05, 0) is 24.3 Å². The first kappa shape index (κ1) is 10.6. The van der Waals surface area contributed by atoms with Gasteiger partial charge >= 0.3 is 0 Å². The van der Waals surface area contributed by atoms with Crippen molar-refractivity contribution in [2.45, 2.75) is 0 Å². The van der Waals surface area contributed by atoms with E-state index in [0.29, 0.717) is 28.7 Å². The molecular formula is C13H8FN3O. The Labute approximate surface area is 102 Å². The monoisotopic (exact) mass is 241 g/mol. The molecule has 4 nitrogen and oxygen atoms in total. The molecule has 0 aliphatic carbocycles. The Morgan fingerprint density at radius 2 is 2.00 bits per heavy atom. The van der Waals surface area contributed by atoms with Crippen molar-refractivity contribution in [3.05, 3.63) is 54.2 Å². The van der Waals surface area contributed by atoms with Crippen molar-refractivity contribution >= 4 is 17.2 Å². The lowest BCUT2D eigenvalue weighted by molar-refractivity contribution is 0.112. The molecule has 0 fully saturated rings. The molecule has 3 aromatic rings. The zero-order valence-corrected chi connectivity index (χ0v) is 9.25. The predicted molar refractivity (Wildman–Crippen MR) is 64.2 cm³/mol. The molecule has 18 heavy (non-hydrogen) atoms. The summed E-state index contributed by atoms with van der Waals surface area (Å²) in [6.45, 7) is 0. The van der Waals surface area contributed by atoms with Crippen molar-refractivity contribution in [2.75, 3.05) is 0 Å². The fourth-order valence-corrected chi connectivity index (χ4v) is 1.86. The number of rotatable bonds is 2. The van der Waals surface area contributed by atoms with Crippen LogP contribution in [0.25, 0.3) is 16.9 Å². The highest BCUT2D eigenvalue weighted by molar-refractivity contribution is 5.88. The second-order valence-electron chi connectivity index (χ2n) is 3.79. The molecule has 1 aromatic carbocycles. The van der Waals surface area contributed by atoms with Crippen molar-refractivity contribution in [3.8, 4) is 5.95 Å². The fourth-order valence-electron chi connectivity index (χ4n) is 1.86. The van der Waals surface area contributed by atoms with Gasteiger partial charge in [0.05, 0.1) is 5.52 Å². The minimum absolute atomic E-state index is 0.382. The van der Waals surface area contributed by atoms with Crippen LogP contribution < -0.4 is 0 Å². The van der Waals surface area contributed by atoms with Crippen molar-refractivity contribution in [2.24, 2.45) is 0 Å². The van der Waals surface area contributed by atoms with E-state index in [4.69, 9.17) is 0 Å². The molecule has 2 aromatic heterocycles. The highest BCUT2D eigenvalue weighted by atomic mass is 19.1. The van der Waals surface area contributed by atoms with Crippen molar-refractivity contribution in [3.63, 3.8) is 0 Å². The molecular weight excluding hydrogens is 233 g/mol. The smallest absolute Gasteiger partial charge is 0.234 e. The average molecular weight is 241 g/mol. The van der Waals surface area contributed by atoms with Crippen LogP contribution in [0.5, 0.6) is 0 Å². The number of carbonyl (C=O) groups is 1. The second kappa shape index (κ2) is 4.03. The summed E-state index contributed by atoms with van der Waals surface area (Å²) in [5, 5.41) is 0.382. The minimum atomic E-state index is -0.402. The standard InChI is InChI=1S/C13H8FN3O/c14-11-7-17(13-15-4-1-5-16-13)12-3-2-9(8-18)6-10(11)12/h1-8H. The molecule has 0 aliphatic rings. The third-order valence-corrected chi connectivity index (χ3v) is 2.68. The molecule has 0 aliphatic heterocycles. The lowest BCUT2D eigenvalue weighted by Crippen LogP contribution is -1.97. The van der Waals surface area contributed by atoms with Crippen LogP contribution in [0.3, 0.4) is 0 Å². The normalized spacial score (nSPS) is 10.7. The van der Waals surface area contributed by atoms with Gasteiger partial charge in [0.15, 0.2) is 0 Å². The van der Waals surface area contributed by atoms with Crippen LogP contribution >= 0.6 is 0 Å². The molecule has 0 N–H and O–H groups in total. The van der Waals surface area contributed by atoms with Crippen LogP contribution in [-0.4, -0.2) is 20.8 Å². The summed E-state index contributed by atoms with van der Waals surface area (Å²) in [5.41, 5.74) is 1.07. The predicted octanol–water partition coefficient (Wildman–Crippen LogP) is 2.37. The number of aldehydes is 1. The van der Waals surface area contributed by atoms with Gasteiger partial charge in [0.25, 0.3) is 0 Å². The van der Waals surface area contributed by atoms with Gasteiger partial charge < -0.3 is 0 Å². The Morgan fingerprint density at radius 3 is 2.72 bits per heavy atom. The van der Waals surface area contributed by atoms with Crippen molar-refractivity contribution in [1.29, 1.82) is 0 Å². The lowest BCUT2D eigenvalue weighted by Gasteiger charge is -2.01. The third kappa shape index (κ3) is 1.57. The van der Waals surface area contributed by atoms with Crippen LogP contribution in [0.2, 0.25) is 0 Å². The van der Waals surface area contributed by atoms with Gasteiger partial charge in [-0.15, -0.1) is 0 Å². The van der Waals surface area contributed by atoms with Gasteiger partial charge in [-0.25, -0.2) is 14.4 Å². The van der Waals surface area contributed by atoms with Crippen LogP contribution in [0.15, 0.2) is 42.9 Å². The zero-order chi connectivity index (χ0) is 12.5. The number of hydrogen-bond acceptors (Lipinski definition) is 3. The Morgan fingerprint density at radius 1 is 1.22 bits per heavy atom. The summed E-state index contributed by atoms with van der Waals surface area (Å²) in [5.74, 6) is -0.00796. The largest absolute Gasteiger partial charge is 0.298 e. The summed E-state index contributed by atoms with van der Waals surface area (Å²) in [4.78, 5) is 18.8. The molecule has 3 rings (SSSR count). The zero-order valence-electron chi connectivity index (χ0n) is 9.25. The Bertz CT molecular complexity index is 722. The first-order valence-corrected chi connectivity index (χ1v) is 5.33. The van der Waals surface area contributed by atoms with E-state index in [2.05, 4.69) is 9.97 Å². The maximum Gasteiger partial charge on any atom is 0.234 e. The molecule has 0 saturated heterocycles. The van der Waals surface area contributed by atoms with E-state index in [9.17, 15) is 9.18 Å². The molecule has 0 atom stereocenters. The van der Waals surface area contributed by atoms with Gasteiger partial charge in [-0.1, -0.05) is 0 Å². The van der Waals surface area contributed by atoms with Gasteiger partial charge in [-0.3, -0.25) is 9.36 Å². The number of aromatic nitrogens is 3. The summed E-state index contributed by atoms with van der Waals surface area (Å²) in [6.07, 6.45) is 5.18. The van der Waals surface area contributed by atoms with E-state index in [0.717, 1.165) is 0 Å². The second-order valence-corrected chi connectivity index (χ2v) is 3.79. The Hall–Kier alpha value is -2.56. The molecule has 0 radical (unpaired) electrons. The van der Waals surface area contributed by atoms with Crippen molar-refractivity contribution < 1.29 is 9.18 Å². The Kier molecular flexibility index (Phi) is 2.37. The topological polar surface area (TPSA) is 47.8 Å². The molecule has 0 bridgehead atoms. The minimum Gasteiger partial charge on any atom is -0.298 e. The molecule has 0 saturated carbocycles. The SMILES string of the molecule is O=Cc1ccc2c(c1)c(F)cn2-c1ncccn1. The number of hydrogen-bond donors (Lipinski definition) is 0. The van der Waals surface area contributed by atoms with E-state index in [1.54, 1.807) is 35.2 Å². The van der Waals surface area contributed by atoms with Crippen LogP contribution in [0.1, 0.15) is 10.4 Å². The molecule has 88 valence electrons.